The molecule has 1 heterocycles. The predicted molar refractivity (Wildman–Crippen MR) is 127 cm³/mol. The third kappa shape index (κ3) is 9.38. The lowest BCUT2D eigenvalue weighted by Gasteiger charge is -2.23. The highest BCUT2D eigenvalue weighted by atomic mass is 32.2. The van der Waals surface area contributed by atoms with E-state index in [1.54, 1.807) is 20.8 Å². The van der Waals surface area contributed by atoms with Gasteiger partial charge < -0.3 is 10.1 Å². The number of ether oxygens (including phenoxy) is 1. The fourth-order valence-electron chi connectivity index (χ4n) is 3.06. The van der Waals surface area contributed by atoms with Crippen molar-refractivity contribution in [3.05, 3.63) is 0 Å². The average molecular weight is 442 g/mol. The molecule has 1 aliphatic rings. The Bertz CT molecular complexity index is 645. The Morgan fingerprint density at radius 1 is 1.23 bits per heavy atom. The van der Waals surface area contributed by atoms with Crippen LogP contribution in [0, 0.1) is 17.3 Å². The summed E-state index contributed by atoms with van der Waals surface area (Å²) in [7, 11) is -1.27. The van der Waals surface area contributed by atoms with Crippen LogP contribution in [0.4, 0.5) is 0 Å². The Kier molecular flexibility index (Phi) is 10.9. The first-order valence-electron chi connectivity index (χ1n) is 11.3. The molecule has 0 aromatic rings. The second-order valence-corrected chi connectivity index (χ2v) is 12.3. The van der Waals surface area contributed by atoms with E-state index < -0.39 is 15.5 Å². The van der Waals surface area contributed by atoms with Crippen LogP contribution in [0.3, 0.4) is 0 Å². The first-order valence-corrected chi connectivity index (χ1v) is 12.6. The summed E-state index contributed by atoms with van der Waals surface area (Å²) in [4.78, 5) is 12.7. The van der Waals surface area contributed by atoms with Crippen LogP contribution in [0.15, 0.2) is 10.2 Å². The molecule has 0 bridgehead atoms. The van der Waals surface area contributed by atoms with Gasteiger partial charge in [-0.25, -0.2) is 0 Å². The van der Waals surface area contributed by atoms with Crippen molar-refractivity contribution >= 4 is 28.3 Å². The van der Waals surface area contributed by atoms with Gasteiger partial charge in [-0.15, -0.1) is 5.10 Å². The number of amidine groups is 1. The molecule has 0 aromatic heterocycles. The van der Waals surface area contributed by atoms with E-state index in [1.807, 2.05) is 0 Å². The summed E-state index contributed by atoms with van der Waals surface area (Å²) < 4.78 is 17.2. The highest BCUT2D eigenvalue weighted by molar-refractivity contribution is 7.87. The highest BCUT2D eigenvalue weighted by Crippen LogP contribution is 2.23. The molecule has 3 atom stereocenters. The molecule has 1 rings (SSSR count). The zero-order chi connectivity index (χ0) is 22.9. The van der Waals surface area contributed by atoms with Crippen molar-refractivity contribution in [2.24, 2.45) is 27.5 Å². The number of nitrogens with zero attached hydrogens (tertiary/aromatic N) is 2. The Hall–Kier alpha value is -1.08. The molecule has 1 fully saturated rings. The van der Waals surface area contributed by atoms with Crippen LogP contribution in [0.2, 0.25) is 0 Å². The molecule has 1 amide bonds. The van der Waals surface area contributed by atoms with Crippen molar-refractivity contribution in [1.82, 2.24) is 5.32 Å². The van der Waals surface area contributed by atoms with Crippen LogP contribution < -0.4 is 5.32 Å². The van der Waals surface area contributed by atoms with Crippen LogP contribution in [0.5, 0.6) is 0 Å². The smallest absolute Gasteiger partial charge is 0.243 e. The van der Waals surface area contributed by atoms with Gasteiger partial charge in [-0.3, -0.25) is 9.00 Å². The maximum absolute atomic E-state index is 12.8. The van der Waals surface area contributed by atoms with Gasteiger partial charge in [0, 0.05) is 35.5 Å². The van der Waals surface area contributed by atoms with Crippen LogP contribution in [0.1, 0.15) is 87.5 Å². The van der Waals surface area contributed by atoms with E-state index in [4.69, 9.17) is 4.74 Å². The monoisotopic (exact) mass is 441 g/mol. The van der Waals surface area contributed by atoms with E-state index in [1.165, 1.54) is 0 Å². The summed E-state index contributed by atoms with van der Waals surface area (Å²) in [5.74, 6) is 1.47. The van der Waals surface area contributed by atoms with Gasteiger partial charge in [0.05, 0.1) is 0 Å². The Labute approximate surface area is 186 Å². The molecule has 1 aliphatic heterocycles. The number of hydrogen-bond donors (Lipinski definition) is 1. The SMILES string of the molecule is CCC(C)/C(CCC(C)(C)C)=N/N=C(/C)NC(=O)C(C)(C)S(=O)CCC1CCOC1. The minimum Gasteiger partial charge on any atom is -0.381 e. The maximum atomic E-state index is 12.8. The first-order chi connectivity index (χ1) is 13.9. The van der Waals surface area contributed by atoms with Crippen LogP contribution in [-0.4, -0.2) is 45.4 Å². The van der Waals surface area contributed by atoms with E-state index in [2.05, 4.69) is 50.1 Å². The molecule has 6 nitrogen and oxygen atoms in total. The Morgan fingerprint density at radius 2 is 1.90 bits per heavy atom. The number of carbonyl (C=O) groups excluding carboxylic acids is 1. The van der Waals surface area contributed by atoms with E-state index in [9.17, 15) is 9.00 Å². The lowest BCUT2D eigenvalue weighted by molar-refractivity contribution is -0.121. The summed E-state index contributed by atoms with van der Waals surface area (Å²) in [5.41, 5.74) is 1.29. The quantitative estimate of drug-likeness (QED) is 0.303. The second kappa shape index (κ2) is 12.1. The number of carbonyl (C=O) groups is 1. The van der Waals surface area contributed by atoms with Crippen molar-refractivity contribution < 1.29 is 13.7 Å². The third-order valence-corrected chi connectivity index (χ3v) is 7.72. The van der Waals surface area contributed by atoms with E-state index in [0.29, 0.717) is 23.4 Å². The zero-order valence-corrected chi connectivity index (χ0v) is 21.2. The number of nitrogens with one attached hydrogen (secondary N) is 1. The van der Waals surface area contributed by atoms with Crippen LogP contribution in [0.25, 0.3) is 0 Å². The van der Waals surface area contributed by atoms with Gasteiger partial charge in [0.15, 0.2) is 0 Å². The molecular formula is C23H43N3O3S. The van der Waals surface area contributed by atoms with Gasteiger partial charge in [-0.1, -0.05) is 34.6 Å². The van der Waals surface area contributed by atoms with E-state index in [-0.39, 0.29) is 11.3 Å². The van der Waals surface area contributed by atoms with Gasteiger partial charge in [0.1, 0.15) is 10.6 Å². The summed E-state index contributed by atoms with van der Waals surface area (Å²) >= 11 is 0. The molecule has 0 saturated carbocycles. The topological polar surface area (TPSA) is 80.1 Å². The van der Waals surface area contributed by atoms with Crippen molar-refractivity contribution in [2.75, 3.05) is 19.0 Å². The van der Waals surface area contributed by atoms with Crippen molar-refractivity contribution in [3.8, 4) is 0 Å². The van der Waals surface area contributed by atoms with Gasteiger partial charge >= 0.3 is 0 Å². The molecule has 0 aliphatic carbocycles. The third-order valence-electron chi connectivity index (χ3n) is 5.79. The molecule has 0 spiro atoms. The van der Waals surface area contributed by atoms with E-state index in [0.717, 1.165) is 51.0 Å². The first kappa shape index (κ1) is 27.0. The van der Waals surface area contributed by atoms with Crippen LogP contribution >= 0.6 is 0 Å². The fraction of sp³-hybridized carbons (Fsp3) is 0.870. The number of amides is 1. The van der Waals surface area contributed by atoms with Gasteiger partial charge in [0.25, 0.3) is 0 Å². The highest BCUT2D eigenvalue weighted by Gasteiger charge is 2.35. The fourth-order valence-corrected chi connectivity index (χ4v) is 4.37. The molecule has 1 saturated heterocycles. The Morgan fingerprint density at radius 3 is 2.43 bits per heavy atom. The lowest BCUT2D eigenvalue weighted by atomic mass is 9.87. The summed E-state index contributed by atoms with van der Waals surface area (Å²) in [6.45, 7) is 17.7. The molecule has 174 valence electrons. The zero-order valence-electron chi connectivity index (χ0n) is 20.3. The average Bonchev–Trinajstić information content (AvgIpc) is 3.18. The predicted octanol–water partition coefficient (Wildman–Crippen LogP) is 4.70. The molecule has 7 heteroatoms. The van der Waals surface area contributed by atoms with Gasteiger partial charge in [-0.05, 0) is 70.1 Å². The Balaban J connectivity index is 2.72. The molecular weight excluding hydrogens is 398 g/mol. The van der Waals surface area contributed by atoms with Gasteiger partial charge in [0.2, 0.25) is 5.91 Å². The second-order valence-electron chi connectivity index (χ2n) is 10.2. The van der Waals surface area contributed by atoms with Gasteiger partial charge in [-0.2, -0.15) is 5.10 Å². The van der Waals surface area contributed by atoms with E-state index >= 15 is 0 Å². The molecule has 30 heavy (non-hydrogen) atoms. The van der Waals surface area contributed by atoms with Crippen molar-refractivity contribution in [1.29, 1.82) is 0 Å². The number of hydrogen-bond acceptors (Lipinski definition) is 5. The number of rotatable bonds is 10. The normalized spacial score (nSPS) is 20.9. The minimum absolute atomic E-state index is 0.236. The molecule has 0 aromatic carbocycles. The lowest BCUT2D eigenvalue weighted by Crippen LogP contribution is -2.47. The maximum Gasteiger partial charge on any atom is 0.243 e. The molecule has 3 unspecified atom stereocenters. The minimum atomic E-state index is -1.27. The van der Waals surface area contributed by atoms with Crippen molar-refractivity contribution in [3.63, 3.8) is 0 Å². The standard InChI is InChI=1S/C23H43N3O3S/c1-9-17(2)20(10-13-22(4,5)6)26-25-18(3)24-21(27)23(7,8)30(28)15-12-19-11-14-29-16-19/h17,19H,9-16H2,1-8H3,(H,24,25,27)/b26-20+. The summed E-state index contributed by atoms with van der Waals surface area (Å²) in [6.07, 6.45) is 4.77. The summed E-state index contributed by atoms with van der Waals surface area (Å²) in [5, 5.41) is 11.5. The summed E-state index contributed by atoms with van der Waals surface area (Å²) in [6, 6.07) is 0. The van der Waals surface area contributed by atoms with Crippen molar-refractivity contribution in [2.45, 2.75) is 92.2 Å². The largest absolute Gasteiger partial charge is 0.381 e. The molecule has 0 radical (unpaired) electrons. The molecule has 1 N–H and O–H groups in total. The van der Waals surface area contributed by atoms with Crippen LogP contribution in [-0.2, 0) is 20.3 Å².